The first kappa shape index (κ1) is 7.46. The van der Waals surface area contributed by atoms with Crippen LogP contribution in [-0.2, 0) is 0 Å². The van der Waals surface area contributed by atoms with Gasteiger partial charge in [0.15, 0.2) is 17.3 Å². The van der Waals surface area contributed by atoms with Gasteiger partial charge in [-0.15, -0.1) is 4.91 Å². The van der Waals surface area contributed by atoms with Gasteiger partial charge in [-0.25, -0.2) is 4.39 Å². The Balaban J connectivity index is 3.31. The first-order valence-electron chi connectivity index (χ1n) is 2.70. The number of phenols is 2. The fourth-order valence-electron chi connectivity index (χ4n) is 0.613. The van der Waals surface area contributed by atoms with Gasteiger partial charge in [-0.05, 0) is 5.18 Å². The zero-order valence-electron chi connectivity index (χ0n) is 5.28. The lowest BCUT2D eigenvalue weighted by molar-refractivity contribution is 0.420. The molecule has 1 rings (SSSR count). The number of hydrogen-bond donors (Lipinski definition) is 2. The van der Waals surface area contributed by atoms with Crippen molar-refractivity contribution in [2.45, 2.75) is 0 Å². The second kappa shape index (κ2) is 2.53. The number of benzene rings is 1. The van der Waals surface area contributed by atoms with Crippen molar-refractivity contribution in [3.05, 3.63) is 22.9 Å². The second-order valence-electron chi connectivity index (χ2n) is 1.88. The fourth-order valence-corrected chi connectivity index (χ4v) is 0.613. The lowest BCUT2D eigenvalue weighted by Crippen LogP contribution is -1.75. The average Bonchev–Trinajstić information content (AvgIpc) is 1.97. The van der Waals surface area contributed by atoms with E-state index in [-0.39, 0.29) is 0 Å². The molecule has 0 aromatic heterocycles. The van der Waals surface area contributed by atoms with Gasteiger partial charge in [-0.2, -0.15) is 0 Å². The van der Waals surface area contributed by atoms with Crippen LogP contribution >= 0.6 is 0 Å². The molecular weight excluding hydrogens is 153 g/mol. The third-order valence-corrected chi connectivity index (χ3v) is 1.14. The number of hydrogen-bond acceptors (Lipinski definition) is 4. The Morgan fingerprint density at radius 3 is 2.45 bits per heavy atom. The van der Waals surface area contributed by atoms with E-state index in [4.69, 9.17) is 10.2 Å². The lowest BCUT2D eigenvalue weighted by atomic mass is 10.3. The van der Waals surface area contributed by atoms with Crippen molar-refractivity contribution < 1.29 is 14.6 Å². The van der Waals surface area contributed by atoms with Gasteiger partial charge in [0.25, 0.3) is 0 Å². The standard InChI is InChI=1S/C6H4FNO3/c7-3-1-4(8-11)6(10)2-5(3)9/h1-2,9-10H. The number of nitroso groups, excluding NO2 is 1. The molecule has 0 spiro atoms. The summed E-state index contributed by atoms with van der Waals surface area (Å²) in [7, 11) is 0. The zero-order valence-corrected chi connectivity index (χ0v) is 5.28. The van der Waals surface area contributed by atoms with E-state index in [0.717, 1.165) is 0 Å². The predicted molar refractivity (Wildman–Crippen MR) is 35.2 cm³/mol. The summed E-state index contributed by atoms with van der Waals surface area (Å²) in [6, 6.07) is 1.36. The van der Waals surface area contributed by atoms with Crippen molar-refractivity contribution in [2.24, 2.45) is 5.18 Å². The maximum atomic E-state index is 12.4. The summed E-state index contributed by atoms with van der Waals surface area (Å²) in [5.74, 6) is -2.24. The van der Waals surface area contributed by atoms with Crippen LogP contribution in [0.25, 0.3) is 0 Å². The quantitative estimate of drug-likeness (QED) is 0.608. The van der Waals surface area contributed by atoms with Crippen molar-refractivity contribution in [3.8, 4) is 11.5 Å². The number of phenolic OH excluding ortho intramolecular Hbond substituents is 2. The zero-order chi connectivity index (χ0) is 8.43. The molecule has 0 fully saturated rings. The third-order valence-electron chi connectivity index (χ3n) is 1.14. The molecule has 0 aliphatic heterocycles. The Hall–Kier alpha value is -1.65. The summed E-state index contributed by atoms with van der Waals surface area (Å²) in [4.78, 5) is 9.83. The van der Waals surface area contributed by atoms with E-state index in [9.17, 15) is 9.30 Å². The van der Waals surface area contributed by atoms with Crippen LogP contribution in [-0.4, -0.2) is 10.2 Å². The van der Waals surface area contributed by atoms with Crippen LogP contribution in [0.2, 0.25) is 0 Å². The number of halogens is 1. The van der Waals surface area contributed by atoms with Gasteiger partial charge in [0.05, 0.1) is 0 Å². The van der Waals surface area contributed by atoms with Gasteiger partial charge < -0.3 is 10.2 Å². The fraction of sp³-hybridized carbons (Fsp3) is 0. The van der Waals surface area contributed by atoms with Crippen molar-refractivity contribution in [3.63, 3.8) is 0 Å². The first-order chi connectivity index (χ1) is 5.15. The smallest absolute Gasteiger partial charge is 0.167 e. The van der Waals surface area contributed by atoms with Crippen LogP contribution in [0.4, 0.5) is 10.1 Å². The van der Waals surface area contributed by atoms with E-state index >= 15 is 0 Å². The molecule has 0 bridgehead atoms. The largest absolute Gasteiger partial charge is 0.505 e. The molecule has 0 heterocycles. The topological polar surface area (TPSA) is 69.9 Å². The van der Waals surface area contributed by atoms with E-state index in [1.807, 2.05) is 0 Å². The van der Waals surface area contributed by atoms with Gasteiger partial charge in [0.2, 0.25) is 0 Å². The van der Waals surface area contributed by atoms with Crippen molar-refractivity contribution in [2.75, 3.05) is 0 Å². The highest BCUT2D eigenvalue weighted by atomic mass is 19.1. The van der Waals surface area contributed by atoms with Crippen LogP contribution in [0.1, 0.15) is 0 Å². The molecule has 58 valence electrons. The minimum absolute atomic E-state index is 0.430. The molecule has 0 amide bonds. The highest BCUT2D eigenvalue weighted by Crippen LogP contribution is 2.31. The summed E-state index contributed by atoms with van der Waals surface area (Å²) >= 11 is 0. The molecule has 0 aliphatic rings. The van der Waals surface area contributed by atoms with E-state index in [1.54, 1.807) is 0 Å². The van der Waals surface area contributed by atoms with Crippen LogP contribution in [0.5, 0.6) is 11.5 Å². The van der Waals surface area contributed by atoms with Gasteiger partial charge in [0, 0.05) is 12.1 Å². The molecule has 1 aromatic rings. The molecule has 0 aliphatic carbocycles. The molecular formula is C6H4FNO3. The number of aromatic hydroxyl groups is 2. The molecule has 0 saturated heterocycles. The molecule has 4 nitrogen and oxygen atoms in total. The van der Waals surface area contributed by atoms with Crippen molar-refractivity contribution >= 4 is 5.69 Å². The molecule has 0 saturated carbocycles. The van der Waals surface area contributed by atoms with E-state index in [0.29, 0.717) is 12.1 Å². The third kappa shape index (κ3) is 1.26. The average molecular weight is 157 g/mol. The Labute approximate surface area is 60.9 Å². The van der Waals surface area contributed by atoms with Crippen molar-refractivity contribution in [1.29, 1.82) is 0 Å². The van der Waals surface area contributed by atoms with Crippen LogP contribution in [0.3, 0.4) is 0 Å². The number of rotatable bonds is 1. The van der Waals surface area contributed by atoms with Gasteiger partial charge in [-0.3, -0.25) is 0 Å². The minimum atomic E-state index is -0.989. The minimum Gasteiger partial charge on any atom is -0.505 e. The Bertz CT molecular complexity index is 300. The maximum absolute atomic E-state index is 12.4. The number of nitrogens with zero attached hydrogens (tertiary/aromatic N) is 1. The second-order valence-corrected chi connectivity index (χ2v) is 1.88. The van der Waals surface area contributed by atoms with Gasteiger partial charge in [0.1, 0.15) is 5.75 Å². The van der Waals surface area contributed by atoms with E-state index in [2.05, 4.69) is 5.18 Å². The molecule has 11 heavy (non-hydrogen) atoms. The summed E-state index contributed by atoms with van der Waals surface area (Å²) in [5.41, 5.74) is -0.430. The lowest BCUT2D eigenvalue weighted by Gasteiger charge is -1.97. The maximum Gasteiger partial charge on any atom is 0.167 e. The molecule has 5 heteroatoms. The predicted octanol–water partition coefficient (Wildman–Crippen LogP) is 1.63. The summed E-state index contributed by atoms with van der Waals surface area (Å²) < 4.78 is 12.4. The summed E-state index contributed by atoms with van der Waals surface area (Å²) in [6.07, 6.45) is 0. The molecule has 0 radical (unpaired) electrons. The SMILES string of the molecule is O=Nc1cc(F)c(O)cc1O. The van der Waals surface area contributed by atoms with Crippen molar-refractivity contribution in [1.82, 2.24) is 0 Å². The highest BCUT2D eigenvalue weighted by molar-refractivity contribution is 5.54. The molecule has 0 atom stereocenters. The molecule has 0 unspecified atom stereocenters. The van der Waals surface area contributed by atoms with Crippen LogP contribution in [0.15, 0.2) is 17.3 Å². The Morgan fingerprint density at radius 1 is 1.27 bits per heavy atom. The first-order valence-corrected chi connectivity index (χ1v) is 2.70. The summed E-state index contributed by atoms with van der Waals surface area (Å²) in [6.45, 7) is 0. The van der Waals surface area contributed by atoms with Crippen LogP contribution < -0.4 is 0 Å². The normalized spacial score (nSPS) is 9.55. The molecule has 2 N–H and O–H groups in total. The monoisotopic (exact) mass is 157 g/mol. The van der Waals surface area contributed by atoms with Crippen LogP contribution in [0, 0.1) is 10.7 Å². The Kier molecular flexibility index (Phi) is 1.72. The van der Waals surface area contributed by atoms with E-state index in [1.165, 1.54) is 0 Å². The summed E-state index contributed by atoms with van der Waals surface area (Å²) in [5, 5.41) is 19.8. The molecule has 1 aromatic carbocycles. The van der Waals surface area contributed by atoms with Gasteiger partial charge >= 0.3 is 0 Å². The Morgan fingerprint density at radius 2 is 1.91 bits per heavy atom. The van der Waals surface area contributed by atoms with E-state index < -0.39 is 23.0 Å². The van der Waals surface area contributed by atoms with Gasteiger partial charge in [-0.1, -0.05) is 0 Å². The highest BCUT2D eigenvalue weighted by Gasteiger charge is 2.07.